The highest BCUT2D eigenvalue weighted by molar-refractivity contribution is 7.92. The third kappa shape index (κ3) is 24.6. The first-order chi connectivity index (χ1) is 59.4. The fourth-order valence-electron chi connectivity index (χ4n) is 15.7. The quantitative estimate of drug-likeness (QED) is 0.0181. The van der Waals surface area contributed by atoms with Crippen LogP contribution in [0.3, 0.4) is 0 Å². The van der Waals surface area contributed by atoms with Gasteiger partial charge < -0.3 is 76.1 Å². The Bertz CT molecular complexity index is 5570. The Morgan fingerprint density at radius 1 is 0.424 bits per heavy atom. The molecule has 9 heterocycles. The van der Waals surface area contributed by atoms with Gasteiger partial charge in [0.15, 0.2) is 27.3 Å². The number of nitrogens with zero attached hydrogens (tertiary/aromatic N) is 15. The standard InChI is InChI=1S/2C29H40ClN7O4S.C28H40ClN7O4S/c1-18(2)17-42(39,40)28-25(16-36(4)35-28)32-27-23(30)15-31-29(34-27)33-24-13-19(3)22(14-26(24)41-21-5-6-21)20-7-9-37(10-8-20)11-12-38;1-18(2)42(39,40)28-25(17-36(4)35-28)32-27-23(30)16-31-29(34-27)33-24-14-19(3)22(15-26(24)41-21-6-5-7-21)20-8-10-37(11-9-20)12-13-38;1-17(2)40-25-14-21(20-7-9-36(10-8-20)11-12-37)19(5)13-23(25)32-28-30-15-22(29)26(33-28)31-24-16-35(6)34-27(24)41(38,39)18(3)4/h13-16,18,20-21,38H,5-12,17H2,1-4H3,(H2,31,32,33,34);14-18,20-21,38H,5-13H2,1-4H3,(H2,31,32,33,34);13-18,20,37H,7-12H2,1-6H3,(H2,30,31,32,33). The molecule has 5 fully saturated rings. The zero-order valence-corrected chi connectivity index (χ0v) is 78.4. The van der Waals surface area contributed by atoms with Crippen molar-refractivity contribution < 1.29 is 54.8 Å². The van der Waals surface area contributed by atoms with Gasteiger partial charge in [0.1, 0.15) is 32.3 Å². The Morgan fingerprint density at radius 2 is 0.736 bits per heavy atom. The second kappa shape index (κ2) is 42.0. The molecule has 3 aliphatic heterocycles. The Morgan fingerprint density at radius 3 is 1.03 bits per heavy atom. The number of nitrogens with one attached hydrogen (secondary N) is 6. The number of anilines is 12. The van der Waals surface area contributed by atoms with E-state index in [2.05, 4.69) is 143 Å². The van der Waals surface area contributed by atoms with Gasteiger partial charge in [-0.25, -0.2) is 40.2 Å². The summed E-state index contributed by atoms with van der Waals surface area (Å²) in [6.45, 7) is 28.9. The molecule has 3 saturated heterocycles. The number of hydrogen-bond donors (Lipinski definition) is 9. The van der Waals surface area contributed by atoms with E-state index < -0.39 is 40.0 Å². The minimum absolute atomic E-state index is 0.0239. The lowest BCUT2D eigenvalue weighted by Gasteiger charge is -2.33. The first kappa shape index (κ1) is 95.3. The van der Waals surface area contributed by atoms with E-state index in [1.807, 2.05) is 33.8 Å². The molecule has 3 aromatic carbocycles. The summed E-state index contributed by atoms with van der Waals surface area (Å²) >= 11 is 19.3. The Kier molecular flexibility index (Phi) is 32.0. The fourth-order valence-corrected chi connectivity index (χ4v) is 20.0. The number of sulfone groups is 3. The maximum atomic E-state index is 13.0. The van der Waals surface area contributed by atoms with Crippen LogP contribution in [0.15, 0.2) is 88.7 Å². The van der Waals surface area contributed by atoms with E-state index >= 15 is 0 Å². The molecule has 6 aromatic heterocycles. The number of ether oxygens (including phenoxy) is 3. The number of rotatable bonds is 34. The van der Waals surface area contributed by atoms with Crippen molar-refractivity contribution in [1.29, 1.82) is 0 Å². The molecule has 0 amide bonds. The Hall–Kier alpha value is -8.79. The number of hydrogen-bond acceptors (Lipinski definition) is 30. The zero-order chi connectivity index (χ0) is 89.9. The molecule has 33 nitrogen and oxygen atoms in total. The lowest BCUT2D eigenvalue weighted by molar-refractivity contribution is 0.121. The van der Waals surface area contributed by atoms with Crippen LogP contribution in [0.4, 0.5) is 69.4 Å². The summed E-state index contributed by atoms with van der Waals surface area (Å²) in [7, 11) is -5.94. The topological polar surface area (TPSA) is 403 Å². The van der Waals surface area contributed by atoms with Crippen LogP contribution in [-0.4, -0.2) is 228 Å². The molecule has 0 bridgehead atoms. The average Bonchev–Trinajstić information content (AvgIpc) is 1.77. The van der Waals surface area contributed by atoms with Crippen molar-refractivity contribution in [3.05, 3.63) is 122 Å². The van der Waals surface area contributed by atoms with Crippen molar-refractivity contribution in [2.45, 2.75) is 208 Å². The minimum Gasteiger partial charge on any atom is -0.489 e. The first-order valence-electron chi connectivity index (χ1n) is 42.9. The largest absolute Gasteiger partial charge is 0.489 e. The number of likely N-dealkylation sites (tertiary alicyclic amines) is 3. The predicted octanol–water partition coefficient (Wildman–Crippen LogP) is 14.5. The van der Waals surface area contributed by atoms with Crippen molar-refractivity contribution in [1.82, 2.24) is 73.9 Å². The molecule has 5 aliphatic rings. The molecule has 680 valence electrons. The third-order valence-electron chi connectivity index (χ3n) is 22.7. The van der Waals surface area contributed by atoms with Gasteiger partial charge in [-0.2, -0.15) is 30.2 Å². The summed E-state index contributed by atoms with van der Waals surface area (Å²) in [6.07, 6.45) is 21.0. The molecule has 0 atom stereocenters. The van der Waals surface area contributed by atoms with Gasteiger partial charge in [0.2, 0.25) is 52.6 Å². The van der Waals surface area contributed by atoms with E-state index in [1.54, 1.807) is 67.4 Å². The highest BCUT2D eigenvalue weighted by atomic mass is 35.5. The van der Waals surface area contributed by atoms with Crippen LogP contribution in [0.1, 0.15) is 177 Å². The molecule has 14 rings (SSSR count). The maximum Gasteiger partial charge on any atom is 0.229 e. The van der Waals surface area contributed by atoms with Crippen LogP contribution in [-0.2, 0) is 50.7 Å². The van der Waals surface area contributed by atoms with Crippen molar-refractivity contribution in [3.8, 4) is 17.2 Å². The number of aliphatic hydroxyl groups is 3. The smallest absolute Gasteiger partial charge is 0.229 e. The summed E-state index contributed by atoms with van der Waals surface area (Å²) in [5.41, 5.74) is 10.4. The van der Waals surface area contributed by atoms with Crippen LogP contribution in [0.25, 0.3) is 0 Å². The molecule has 0 spiro atoms. The molecule has 9 aromatic rings. The summed E-state index contributed by atoms with van der Waals surface area (Å²) < 4.78 is 101. The molecule has 9 N–H and O–H groups in total. The predicted molar refractivity (Wildman–Crippen MR) is 490 cm³/mol. The first-order valence-corrected chi connectivity index (χ1v) is 48.8. The lowest BCUT2D eigenvalue weighted by Crippen LogP contribution is -2.35. The summed E-state index contributed by atoms with van der Waals surface area (Å²) in [5.74, 6) is 5.03. The number of piperidine rings is 3. The molecule has 0 radical (unpaired) electrons. The van der Waals surface area contributed by atoms with E-state index in [0.29, 0.717) is 47.6 Å². The zero-order valence-electron chi connectivity index (χ0n) is 73.7. The highest BCUT2D eigenvalue weighted by Gasteiger charge is 2.34. The molecule has 0 unspecified atom stereocenters. The number of benzene rings is 3. The van der Waals surface area contributed by atoms with Gasteiger partial charge in [0.05, 0.1) is 107 Å². The minimum atomic E-state index is -3.65. The molecule has 2 saturated carbocycles. The van der Waals surface area contributed by atoms with Gasteiger partial charge in [-0.05, 0) is 266 Å². The van der Waals surface area contributed by atoms with Crippen molar-refractivity contribution in [2.75, 3.05) is 116 Å². The van der Waals surface area contributed by atoms with Crippen LogP contribution in [0.2, 0.25) is 15.1 Å². The monoisotopic (exact) mass is 1840 g/mol. The maximum absolute atomic E-state index is 13.0. The van der Waals surface area contributed by atoms with Gasteiger partial charge >= 0.3 is 0 Å². The Labute approximate surface area is 748 Å². The number of aromatic nitrogens is 12. The van der Waals surface area contributed by atoms with Crippen LogP contribution >= 0.6 is 34.8 Å². The van der Waals surface area contributed by atoms with Gasteiger partial charge in [0, 0.05) is 59.4 Å². The molecule has 39 heteroatoms. The van der Waals surface area contributed by atoms with E-state index in [0.717, 1.165) is 168 Å². The van der Waals surface area contributed by atoms with E-state index in [9.17, 15) is 40.6 Å². The van der Waals surface area contributed by atoms with Crippen molar-refractivity contribution >= 4 is 134 Å². The van der Waals surface area contributed by atoms with Crippen LogP contribution < -0.4 is 46.1 Å². The average molecular weight is 1840 g/mol. The third-order valence-corrected chi connectivity index (χ3v) is 29.7. The fraction of sp³-hybridized carbons (Fsp3) is 0.547. The summed E-state index contributed by atoms with van der Waals surface area (Å²) in [5, 5.41) is 58.7. The molecule has 125 heavy (non-hydrogen) atoms. The van der Waals surface area contributed by atoms with Crippen molar-refractivity contribution in [2.24, 2.45) is 27.1 Å². The lowest BCUT2D eigenvalue weighted by atomic mass is 9.86. The van der Waals surface area contributed by atoms with E-state index in [1.165, 1.54) is 49.3 Å². The van der Waals surface area contributed by atoms with Crippen LogP contribution in [0.5, 0.6) is 17.2 Å². The SMILES string of the molecule is Cc1cc(Nc2ncc(Cl)c(Nc3cn(C)nc3S(=O)(=O)C(C)C)n2)c(OC(C)C)cc1C1CCN(CCO)CC1.Cc1cc(Nc2ncc(Cl)c(Nc3cn(C)nc3S(=O)(=O)C(C)C)n2)c(OC2CCC2)cc1C1CCN(CCO)CC1.Cc1cc(Nc2ncc(Cl)c(Nc3cn(C)nc3S(=O)(=O)CC(C)C)n2)c(OC2CC2)cc1C1CCN(CCO)CC1. The second-order valence-corrected chi connectivity index (χ2v) is 42.1. The molecular formula is C86H120Cl3N21O12S3. The number of halogens is 3. The summed E-state index contributed by atoms with van der Waals surface area (Å²) in [6, 6.07) is 12.6. The summed E-state index contributed by atoms with van der Waals surface area (Å²) in [4.78, 5) is 33.7. The van der Waals surface area contributed by atoms with Crippen molar-refractivity contribution in [3.63, 3.8) is 0 Å². The van der Waals surface area contributed by atoms with Gasteiger partial charge in [-0.15, -0.1) is 0 Å². The number of aryl methyl sites for hydroxylation is 6. The normalized spacial score (nSPS) is 16.2. The van der Waals surface area contributed by atoms with Crippen LogP contribution in [0, 0.1) is 26.7 Å². The second-order valence-electron chi connectivity index (χ2n) is 34.1. The highest BCUT2D eigenvalue weighted by Crippen LogP contribution is 2.45. The molecular weight excluding hydrogens is 1720 g/mol. The Balaban J connectivity index is 0.000000171. The van der Waals surface area contributed by atoms with Gasteiger partial charge in [0.25, 0.3) is 0 Å². The van der Waals surface area contributed by atoms with Gasteiger partial charge in [-0.3, -0.25) is 14.0 Å². The molecule has 2 aliphatic carbocycles. The van der Waals surface area contributed by atoms with E-state index in [4.69, 9.17) is 49.0 Å². The van der Waals surface area contributed by atoms with E-state index in [-0.39, 0.29) is 115 Å². The number of β-amino-alcohol motifs (C(OH)–C–C–N with tert-alkyl or cyclic N) is 3. The number of aliphatic hydroxyl groups excluding tert-OH is 3. The van der Waals surface area contributed by atoms with Gasteiger partial charge in [-0.1, -0.05) is 48.7 Å².